The number of nitrogens with one attached hydrogen (secondary N) is 3. The Morgan fingerprint density at radius 2 is 1.80 bits per heavy atom. The predicted octanol–water partition coefficient (Wildman–Crippen LogP) is 0.231. The van der Waals surface area contributed by atoms with E-state index in [0.717, 1.165) is 11.4 Å². The number of thioether (sulfide) groups is 1. The number of unbranched alkanes of at least 4 members (excludes halogenated alkanes) is 2. The molecule has 1 heterocycles. The average molecular weight is 439 g/mol. The van der Waals surface area contributed by atoms with Crippen LogP contribution in [0.4, 0.5) is 0 Å². The Bertz CT molecular complexity index is 726. The molecule has 0 spiro atoms. The third kappa shape index (κ3) is 9.68. The molecule has 0 saturated carbocycles. The Morgan fingerprint density at radius 3 is 2.37 bits per heavy atom. The van der Waals surface area contributed by atoms with Crippen LogP contribution in [-0.4, -0.2) is 59.0 Å². The highest BCUT2D eigenvalue weighted by Crippen LogP contribution is 2.08. The van der Waals surface area contributed by atoms with E-state index in [9.17, 15) is 19.2 Å². The molecule has 0 aliphatic heterocycles. The molecule has 1 atom stereocenters. The lowest BCUT2D eigenvalue weighted by Gasteiger charge is -2.21. The zero-order chi connectivity index (χ0) is 22.5. The van der Waals surface area contributed by atoms with Gasteiger partial charge in [0.1, 0.15) is 16.8 Å². The molecule has 0 saturated heterocycles. The lowest BCUT2D eigenvalue weighted by molar-refractivity contribution is -0.131. The van der Waals surface area contributed by atoms with Gasteiger partial charge in [0.2, 0.25) is 17.7 Å². The van der Waals surface area contributed by atoms with Gasteiger partial charge in [-0.05, 0) is 25.0 Å². The van der Waals surface area contributed by atoms with Crippen LogP contribution >= 0.6 is 11.8 Å². The smallest absolute Gasteiger partial charge is 0.271 e. The van der Waals surface area contributed by atoms with Gasteiger partial charge in [0.15, 0.2) is 0 Å². The fourth-order valence-corrected chi connectivity index (χ4v) is 2.80. The minimum Gasteiger partial charge on any atom is -0.368 e. The topological polar surface area (TPSA) is 156 Å². The molecule has 1 aromatic rings. The Labute approximate surface area is 180 Å². The monoisotopic (exact) mass is 438 g/mol. The Hall–Kier alpha value is -2.69. The van der Waals surface area contributed by atoms with Crippen molar-refractivity contribution < 1.29 is 19.2 Å². The van der Waals surface area contributed by atoms with Crippen LogP contribution in [0.1, 0.15) is 50.0 Å². The van der Waals surface area contributed by atoms with Gasteiger partial charge in [-0.15, -0.1) is 11.8 Å². The van der Waals surface area contributed by atoms with Crippen molar-refractivity contribution in [3.8, 4) is 0 Å². The maximum atomic E-state index is 12.1. The highest BCUT2D eigenvalue weighted by molar-refractivity contribution is 7.98. The Kier molecular flexibility index (Phi) is 11.4. The number of aromatic nitrogens is 2. The number of nitrogens with zero attached hydrogens (tertiary/aromatic N) is 2. The summed E-state index contributed by atoms with van der Waals surface area (Å²) in [6.07, 6.45) is 7.21. The lowest BCUT2D eigenvalue weighted by atomic mass is 10.0. The van der Waals surface area contributed by atoms with Crippen LogP contribution in [0.15, 0.2) is 17.4 Å². The zero-order valence-electron chi connectivity index (χ0n) is 17.6. The third-order valence-corrected chi connectivity index (χ3v) is 4.77. The molecular weight excluding hydrogens is 408 g/mol. The van der Waals surface area contributed by atoms with E-state index in [1.165, 1.54) is 18.0 Å². The number of nitrogens with two attached hydrogens (primary N) is 1. The van der Waals surface area contributed by atoms with Crippen LogP contribution in [0.3, 0.4) is 0 Å². The Morgan fingerprint density at radius 1 is 1.07 bits per heavy atom. The minimum absolute atomic E-state index is 0.134. The summed E-state index contributed by atoms with van der Waals surface area (Å²) in [5, 5.41) is 8.61. The summed E-state index contributed by atoms with van der Waals surface area (Å²) in [7, 11) is 0. The van der Waals surface area contributed by atoms with Gasteiger partial charge in [-0.25, -0.2) is 9.97 Å². The van der Waals surface area contributed by atoms with E-state index in [-0.39, 0.29) is 36.4 Å². The molecule has 0 bridgehead atoms. The maximum Gasteiger partial charge on any atom is 0.271 e. The largest absolute Gasteiger partial charge is 0.368 e. The average Bonchev–Trinajstić information content (AvgIpc) is 2.72. The van der Waals surface area contributed by atoms with E-state index in [1.807, 2.05) is 6.26 Å². The quantitative estimate of drug-likeness (QED) is 0.254. The van der Waals surface area contributed by atoms with E-state index < -0.39 is 17.9 Å². The first-order valence-electron chi connectivity index (χ1n) is 9.74. The number of hydrogen-bond donors (Lipinski definition) is 4. The summed E-state index contributed by atoms with van der Waals surface area (Å²) < 4.78 is 0. The fourth-order valence-electron chi connectivity index (χ4n) is 2.48. The van der Waals surface area contributed by atoms with Gasteiger partial charge in [0.25, 0.3) is 5.91 Å². The van der Waals surface area contributed by atoms with E-state index >= 15 is 0 Å². The maximum absolute atomic E-state index is 12.1. The van der Waals surface area contributed by atoms with Crippen LogP contribution in [0.5, 0.6) is 0 Å². The highest BCUT2D eigenvalue weighted by atomic mass is 32.2. The molecule has 0 fully saturated rings. The second kappa shape index (κ2) is 13.5. The SMILES string of the molecule is CSc1cnc(C(=O)NCCCCCC(=O)NC(C(=O)NCC(N)=O)C(C)C)cn1. The van der Waals surface area contributed by atoms with Crippen molar-refractivity contribution in [1.82, 2.24) is 25.9 Å². The number of amides is 4. The molecule has 0 aliphatic carbocycles. The summed E-state index contributed by atoms with van der Waals surface area (Å²) in [5.74, 6) is -1.74. The molecule has 11 heteroatoms. The summed E-state index contributed by atoms with van der Waals surface area (Å²) in [4.78, 5) is 55.1. The van der Waals surface area contributed by atoms with Crippen molar-refractivity contribution >= 4 is 35.4 Å². The van der Waals surface area contributed by atoms with Gasteiger partial charge in [0.05, 0.1) is 18.9 Å². The summed E-state index contributed by atoms with van der Waals surface area (Å²) in [6, 6.07) is -0.727. The van der Waals surface area contributed by atoms with Crippen LogP contribution in [-0.2, 0) is 14.4 Å². The molecule has 0 aliphatic rings. The van der Waals surface area contributed by atoms with Crippen molar-refractivity contribution in [3.63, 3.8) is 0 Å². The standard InChI is InChI=1S/C19H30N6O4S/c1-12(2)17(19(29)24-10-14(20)26)25-15(27)7-5-4-6-8-21-18(28)13-9-23-16(30-3)11-22-13/h9,11-12,17H,4-8,10H2,1-3H3,(H2,20,26)(H,21,28)(H,24,29)(H,25,27). The van der Waals surface area contributed by atoms with Gasteiger partial charge in [-0.1, -0.05) is 20.3 Å². The molecule has 10 nitrogen and oxygen atoms in total. The van der Waals surface area contributed by atoms with Crippen LogP contribution in [0, 0.1) is 5.92 Å². The summed E-state index contributed by atoms with van der Waals surface area (Å²) in [6.45, 7) is 3.81. The van der Waals surface area contributed by atoms with Gasteiger partial charge in [0, 0.05) is 13.0 Å². The molecular formula is C19H30N6O4S. The minimum atomic E-state index is -0.727. The second-order valence-corrected chi connectivity index (χ2v) is 7.81. The first kappa shape index (κ1) is 25.3. The van der Waals surface area contributed by atoms with E-state index in [2.05, 4.69) is 25.9 Å². The molecule has 1 rings (SSSR count). The van der Waals surface area contributed by atoms with Crippen LogP contribution < -0.4 is 21.7 Å². The van der Waals surface area contributed by atoms with Crippen LogP contribution in [0.25, 0.3) is 0 Å². The molecule has 1 unspecified atom stereocenters. The van der Waals surface area contributed by atoms with Crippen LogP contribution in [0.2, 0.25) is 0 Å². The Balaban J connectivity index is 2.25. The zero-order valence-corrected chi connectivity index (χ0v) is 18.4. The van der Waals surface area contributed by atoms with E-state index in [1.54, 1.807) is 20.0 Å². The van der Waals surface area contributed by atoms with Gasteiger partial charge >= 0.3 is 0 Å². The van der Waals surface area contributed by atoms with E-state index in [0.29, 0.717) is 19.4 Å². The summed E-state index contributed by atoms with van der Waals surface area (Å²) >= 11 is 1.45. The highest BCUT2D eigenvalue weighted by Gasteiger charge is 2.23. The number of primary amides is 1. The second-order valence-electron chi connectivity index (χ2n) is 6.98. The molecule has 0 radical (unpaired) electrons. The van der Waals surface area contributed by atoms with Crippen molar-refractivity contribution in [2.45, 2.75) is 50.6 Å². The van der Waals surface area contributed by atoms with Gasteiger partial charge in [-0.2, -0.15) is 0 Å². The van der Waals surface area contributed by atoms with Crippen molar-refractivity contribution in [1.29, 1.82) is 0 Å². The first-order chi connectivity index (χ1) is 14.2. The third-order valence-electron chi connectivity index (χ3n) is 4.14. The lowest BCUT2D eigenvalue weighted by Crippen LogP contribution is -2.51. The van der Waals surface area contributed by atoms with Crippen molar-refractivity contribution in [2.24, 2.45) is 11.7 Å². The predicted molar refractivity (Wildman–Crippen MR) is 114 cm³/mol. The number of carbonyl (C=O) groups excluding carboxylic acids is 4. The van der Waals surface area contributed by atoms with Gasteiger partial charge in [-0.3, -0.25) is 19.2 Å². The normalized spacial score (nSPS) is 11.6. The molecule has 5 N–H and O–H groups in total. The fraction of sp³-hybridized carbons (Fsp3) is 0.579. The molecule has 166 valence electrons. The van der Waals surface area contributed by atoms with Gasteiger partial charge < -0.3 is 21.7 Å². The molecule has 1 aromatic heterocycles. The number of rotatable bonds is 13. The first-order valence-corrected chi connectivity index (χ1v) is 11.0. The van der Waals surface area contributed by atoms with Crippen molar-refractivity contribution in [3.05, 3.63) is 18.1 Å². The molecule has 0 aromatic carbocycles. The van der Waals surface area contributed by atoms with Crippen molar-refractivity contribution in [2.75, 3.05) is 19.3 Å². The number of hydrogen-bond acceptors (Lipinski definition) is 7. The molecule has 30 heavy (non-hydrogen) atoms. The summed E-state index contributed by atoms with van der Waals surface area (Å²) in [5.41, 5.74) is 5.28. The van der Waals surface area contributed by atoms with E-state index in [4.69, 9.17) is 5.73 Å². The number of carbonyl (C=O) groups is 4. The molecule has 4 amide bonds.